The number of anilines is 1. The lowest BCUT2D eigenvalue weighted by Crippen LogP contribution is -2.26. The fourth-order valence-electron chi connectivity index (χ4n) is 1.79. The third-order valence-corrected chi connectivity index (χ3v) is 2.65. The second-order valence-corrected chi connectivity index (χ2v) is 3.80. The summed E-state index contributed by atoms with van der Waals surface area (Å²) >= 11 is 0. The van der Waals surface area contributed by atoms with Crippen LogP contribution in [0.25, 0.3) is 0 Å². The summed E-state index contributed by atoms with van der Waals surface area (Å²) in [6.07, 6.45) is 4.35. The van der Waals surface area contributed by atoms with Crippen molar-refractivity contribution in [1.82, 2.24) is 0 Å². The van der Waals surface area contributed by atoms with Gasteiger partial charge in [-0.15, -0.1) is 6.58 Å². The Kier molecular flexibility index (Phi) is 2.73. The van der Waals surface area contributed by atoms with Crippen molar-refractivity contribution >= 4 is 5.69 Å². The lowest BCUT2D eigenvalue weighted by Gasteiger charge is -2.23. The van der Waals surface area contributed by atoms with Gasteiger partial charge in [-0.2, -0.15) is 5.26 Å². The van der Waals surface area contributed by atoms with Gasteiger partial charge in [0.2, 0.25) is 0 Å². The first kappa shape index (κ1) is 9.79. The highest BCUT2D eigenvalue weighted by molar-refractivity contribution is 5.60. The highest BCUT2D eigenvalue weighted by Gasteiger charge is 2.29. The van der Waals surface area contributed by atoms with Crippen molar-refractivity contribution in [1.29, 1.82) is 5.26 Å². The van der Waals surface area contributed by atoms with Gasteiger partial charge in [-0.25, -0.2) is 0 Å². The van der Waals surface area contributed by atoms with Gasteiger partial charge in [0.05, 0.1) is 11.3 Å². The van der Waals surface area contributed by atoms with Crippen LogP contribution in [-0.4, -0.2) is 12.6 Å². The summed E-state index contributed by atoms with van der Waals surface area (Å²) in [7, 11) is 0. The topological polar surface area (TPSA) is 27.0 Å². The smallest absolute Gasteiger partial charge is 0.101 e. The highest BCUT2D eigenvalue weighted by atomic mass is 15.2. The number of hydrogen-bond acceptors (Lipinski definition) is 2. The molecule has 1 saturated carbocycles. The minimum Gasteiger partial charge on any atom is -0.364 e. The van der Waals surface area contributed by atoms with Crippen LogP contribution in [-0.2, 0) is 0 Å². The lowest BCUT2D eigenvalue weighted by molar-refractivity contribution is 0.860. The first-order valence-corrected chi connectivity index (χ1v) is 5.23. The maximum Gasteiger partial charge on any atom is 0.101 e. The van der Waals surface area contributed by atoms with Crippen LogP contribution < -0.4 is 4.90 Å². The zero-order valence-electron chi connectivity index (χ0n) is 8.69. The summed E-state index contributed by atoms with van der Waals surface area (Å²) in [5, 5.41) is 9.04. The molecule has 2 heteroatoms. The fraction of sp³-hybridized carbons (Fsp3) is 0.308. The number of benzene rings is 1. The number of hydrogen-bond donors (Lipinski definition) is 0. The van der Waals surface area contributed by atoms with Crippen molar-refractivity contribution in [3.8, 4) is 6.07 Å². The van der Waals surface area contributed by atoms with Crippen LogP contribution >= 0.6 is 0 Å². The summed E-state index contributed by atoms with van der Waals surface area (Å²) in [5.41, 5.74) is 1.80. The molecule has 1 fully saturated rings. The number of para-hydroxylation sites is 1. The van der Waals surface area contributed by atoms with Crippen molar-refractivity contribution < 1.29 is 0 Å². The third kappa shape index (κ3) is 2.02. The van der Waals surface area contributed by atoms with E-state index in [-0.39, 0.29) is 0 Å². The standard InChI is InChI=1S/C13H14N2/c1-2-9-15(12-7-8-12)13-6-4-3-5-11(13)10-14/h2-6,12H,1,7-9H2. The van der Waals surface area contributed by atoms with E-state index in [9.17, 15) is 0 Å². The monoisotopic (exact) mass is 198 g/mol. The molecule has 0 radical (unpaired) electrons. The molecule has 76 valence electrons. The van der Waals surface area contributed by atoms with Crippen LogP contribution in [0.4, 0.5) is 5.69 Å². The van der Waals surface area contributed by atoms with E-state index in [4.69, 9.17) is 5.26 Å². The average Bonchev–Trinajstić information content (AvgIpc) is 3.10. The Morgan fingerprint density at radius 1 is 1.47 bits per heavy atom. The van der Waals surface area contributed by atoms with E-state index in [0.717, 1.165) is 17.8 Å². The van der Waals surface area contributed by atoms with E-state index in [1.54, 1.807) is 0 Å². The van der Waals surface area contributed by atoms with Crippen molar-refractivity contribution in [2.75, 3.05) is 11.4 Å². The van der Waals surface area contributed by atoms with Crippen LogP contribution in [0.1, 0.15) is 18.4 Å². The fourth-order valence-corrected chi connectivity index (χ4v) is 1.79. The van der Waals surface area contributed by atoms with E-state index in [0.29, 0.717) is 6.04 Å². The second-order valence-electron chi connectivity index (χ2n) is 3.80. The van der Waals surface area contributed by atoms with E-state index in [1.165, 1.54) is 12.8 Å². The molecule has 1 aromatic rings. The summed E-state index contributed by atoms with van der Waals surface area (Å²) in [6, 6.07) is 10.6. The molecule has 0 heterocycles. The van der Waals surface area contributed by atoms with Crippen LogP contribution in [0.15, 0.2) is 36.9 Å². The minimum atomic E-state index is 0.609. The Balaban J connectivity index is 2.32. The van der Waals surface area contributed by atoms with E-state index in [2.05, 4.69) is 17.5 Å². The maximum atomic E-state index is 9.04. The molecule has 2 rings (SSSR count). The molecule has 15 heavy (non-hydrogen) atoms. The Morgan fingerprint density at radius 3 is 2.80 bits per heavy atom. The Hall–Kier alpha value is -1.75. The molecule has 0 N–H and O–H groups in total. The van der Waals surface area contributed by atoms with Gasteiger partial charge in [0, 0.05) is 12.6 Å². The molecular weight excluding hydrogens is 184 g/mol. The largest absolute Gasteiger partial charge is 0.364 e. The van der Waals surface area contributed by atoms with Crippen LogP contribution in [0.3, 0.4) is 0 Å². The number of nitriles is 1. The molecule has 0 aliphatic heterocycles. The molecule has 1 aromatic carbocycles. The first-order chi connectivity index (χ1) is 7.36. The molecule has 1 aliphatic carbocycles. The van der Waals surface area contributed by atoms with Crippen LogP contribution in [0.2, 0.25) is 0 Å². The summed E-state index contributed by atoms with van der Waals surface area (Å²) in [4.78, 5) is 2.27. The van der Waals surface area contributed by atoms with E-state index >= 15 is 0 Å². The summed E-state index contributed by atoms with van der Waals surface area (Å²) < 4.78 is 0. The molecule has 0 spiro atoms. The molecule has 0 atom stereocenters. The van der Waals surface area contributed by atoms with Gasteiger partial charge in [-0.1, -0.05) is 18.2 Å². The van der Waals surface area contributed by atoms with Gasteiger partial charge in [-0.3, -0.25) is 0 Å². The SMILES string of the molecule is C=CCN(c1ccccc1C#N)C1CC1. The Bertz CT molecular complexity index is 399. The van der Waals surface area contributed by atoms with Gasteiger partial charge in [0.25, 0.3) is 0 Å². The van der Waals surface area contributed by atoms with Gasteiger partial charge in [0.15, 0.2) is 0 Å². The number of rotatable bonds is 4. The molecule has 0 aromatic heterocycles. The molecule has 0 bridgehead atoms. The van der Waals surface area contributed by atoms with Crippen molar-refractivity contribution in [3.05, 3.63) is 42.5 Å². The predicted octanol–water partition coefficient (Wildman–Crippen LogP) is 2.71. The highest BCUT2D eigenvalue weighted by Crippen LogP contribution is 2.33. The molecule has 1 aliphatic rings. The second kappa shape index (κ2) is 4.18. The van der Waals surface area contributed by atoms with Crippen molar-refractivity contribution in [2.45, 2.75) is 18.9 Å². The van der Waals surface area contributed by atoms with Gasteiger partial charge in [-0.05, 0) is 25.0 Å². The Morgan fingerprint density at radius 2 is 2.20 bits per heavy atom. The van der Waals surface area contributed by atoms with Crippen LogP contribution in [0.5, 0.6) is 0 Å². The molecular formula is C13H14N2. The van der Waals surface area contributed by atoms with E-state index in [1.807, 2.05) is 30.3 Å². The summed E-state index contributed by atoms with van der Waals surface area (Å²) in [5.74, 6) is 0. The van der Waals surface area contributed by atoms with Gasteiger partial charge >= 0.3 is 0 Å². The quantitative estimate of drug-likeness (QED) is 0.695. The minimum absolute atomic E-state index is 0.609. The normalized spacial score (nSPS) is 14.3. The number of nitrogens with zero attached hydrogens (tertiary/aromatic N) is 2. The Labute approximate surface area is 90.4 Å². The van der Waals surface area contributed by atoms with Crippen LogP contribution in [0, 0.1) is 11.3 Å². The zero-order chi connectivity index (χ0) is 10.7. The molecule has 2 nitrogen and oxygen atoms in total. The molecule has 0 amide bonds. The predicted molar refractivity (Wildman–Crippen MR) is 61.7 cm³/mol. The maximum absolute atomic E-state index is 9.04. The third-order valence-electron chi connectivity index (χ3n) is 2.65. The van der Waals surface area contributed by atoms with Gasteiger partial charge in [0.1, 0.15) is 6.07 Å². The molecule has 0 unspecified atom stereocenters. The lowest BCUT2D eigenvalue weighted by atomic mass is 10.1. The van der Waals surface area contributed by atoms with Crippen molar-refractivity contribution in [3.63, 3.8) is 0 Å². The summed E-state index contributed by atoms with van der Waals surface area (Å²) in [6.45, 7) is 4.59. The van der Waals surface area contributed by atoms with E-state index < -0.39 is 0 Å². The first-order valence-electron chi connectivity index (χ1n) is 5.23. The van der Waals surface area contributed by atoms with Crippen molar-refractivity contribution in [2.24, 2.45) is 0 Å². The molecule has 0 saturated heterocycles. The zero-order valence-corrected chi connectivity index (χ0v) is 8.69. The van der Waals surface area contributed by atoms with Gasteiger partial charge < -0.3 is 4.90 Å². The average molecular weight is 198 g/mol.